The van der Waals surface area contributed by atoms with Gasteiger partial charge in [-0.05, 0) is 56.0 Å². The number of nitrogens with one attached hydrogen (secondary N) is 1. The van der Waals surface area contributed by atoms with E-state index < -0.39 is 11.7 Å². The van der Waals surface area contributed by atoms with Gasteiger partial charge >= 0.3 is 6.18 Å². The van der Waals surface area contributed by atoms with Gasteiger partial charge in [0.05, 0.1) is 12.2 Å². The van der Waals surface area contributed by atoms with Crippen LogP contribution in [-0.4, -0.2) is 19.7 Å². The maximum absolute atomic E-state index is 12.6. The third-order valence-corrected chi connectivity index (χ3v) is 3.57. The van der Waals surface area contributed by atoms with Crippen LogP contribution in [0.15, 0.2) is 24.3 Å². The highest BCUT2D eigenvalue weighted by molar-refractivity contribution is 5.25. The lowest BCUT2D eigenvalue weighted by molar-refractivity contribution is -0.137. The summed E-state index contributed by atoms with van der Waals surface area (Å²) in [6, 6.07) is 5.34. The molecule has 0 radical (unpaired) electrons. The van der Waals surface area contributed by atoms with Gasteiger partial charge in [-0.3, -0.25) is 0 Å². The molecule has 1 N–H and O–H groups in total. The van der Waals surface area contributed by atoms with E-state index in [-0.39, 0.29) is 6.61 Å². The Morgan fingerprint density at radius 1 is 1.20 bits per heavy atom. The van der Waals surface area contributed by atoms with Crippen LogP contribution in [0.2, 0.25) is 0 Å². The van der Waals surface area contributed by atoms with Gasteiger partial charge in [0.15, 0.2) is 0 Å². The van der Waals surface area contributed by atoms with Crippen LogP contribution in [0.4, 0.5) is 13.2 Å². The predicted octanol–water partition coefficient (Wildman–Crippen LogP) is 3.61. The second-order valence-electron chi connectivity index (χ2n) is 5.26. The first kappa shape index (κ1) is 15.3. The Hall–Kier alpha value is -1.07. The smallest absolute Gasteiger partial charge is 0.376 e. The van der Waals surface area contributed by atoms with Crippen LogP contribution in [0.5, 0.6) is 0 Å². The molecule has 2 nitrogen and oxygen atoms in total. The molecule has 1 aliphatic heterocycles. The number of benzene rings is 1. The molecule has 0 amide bonds. The Labute approximate surface area is 117 Å². The van der Waals surface area contributed by atoms with Crippen molar-refractivity contribution in [3.05, 3.63) is 35.4 Å². The van der Waals surface area contributed by atoms with Gasteiger partial charge in [-0.25, -0.2) is 0 Å². The molecule has 5 heteroatoms. The second kappa shape index (κ2) is 7.09. The monoisotopic (exact) mass is 287 g/mol. The Balaban J connectivity index is 1.81. The van der Waals surface area contributed by atoms with E-state index in [9.17, 15) is 13.2 Å². The normalized spacial score (nSPS) is 20.6. The SMILES string of the molecule is FC(F)(F)c1cccc(COCC2CCCNCC2)c1. The van der Waals surface area contributed by atoms with Crippen molar-refractivity contribution in [2.24, 2.45) is 5.92 Å². The quantitative estimate of drug-likeness (QED) is 0.913. The number of halogens is 3. The van der Waals surface area contributed by atoms with Crippen molar-refractivity contribution in [3.63, 3.8) is 0 Å². The summed E-state index contributed by atoms with van der Waals surface area (Å²) in [7, 11) is 0. The zero-order valence-electron chi connectivity index (χ0n) is 11.4. The highest BCUT2D eigenvalue weighted by Crippen LogP contribution is 2.29. The molecule has 0 bridgehead atoms. The minimum atomic E-state index is -4.29. The third kappa shape index (κ3) is 4.80. The fourth-order valence-corrected chi connectivity index (χ4v) is 2.44. The summed E-state index contributed by atoms with van der Waals surface area (Å²) in [6.45, 7) is 2.91. The van der Waals surface area contributed by atoms with Gasteiger partial charge in [0.2, 0.25) is 0 Å². The Morgan fingerprint density at radius 3 is 2.85 bits per heavy atom. The van der Waals surface area contributed by atoms with E-state index in [0.29, 0.717) is 18.1 Å². The van der Waals surface area contributed by atoms with Crippen molar-refractivity contribution < 1.29 is 17.9 Å². The van der Waals surface area contributed by atoms with Crippen molar-refractivity contribution >= 4 is 0 Å². The minimum absolute atomic E-state index is 0.244. The average molecular weight is 287 g/mol. The zero-order chi connectivity index (χ0) is 14.4. The summed E-state index contributed by atoms with van der Waals surface area (Å²) in [5.74, 6) is 0.510. The molecule has 1 unspecified atom stereocenters. The molecular formula is C15H20F3NO. The minimum Gasteiger partial charge on any atom is -0.376 e. The van der Waals surface area contributed by atoms with Crippen LogP contribution in [0.25, 0.3) is 0 Å². The summed E-state index contributed by atoms with van der Waals surface area (Å²) in [4.78, 5) is 0. The van der Waals surface area contributed by atoms with Gasteiger partial charge in [0.1, 0.15) is 0 Å². The van der Waals surface area contributed by atoms with Gasteiger partial charge in [-0.15, -0.1) is 0 Å². The molecule has 20 heavy (non-hydrogen) atoms. The molecule has 1 atom stereocenters. The van der Waals surface area contributed by atoms with Crippen molar-refractivity contribution in [2.75, 3.05) is 19.7 Å². The van der Waals surface area contributed by atoms with Gasteiger partial charge in [-0.2, -0.15) is 13.2 Å². The molecule has 1 aromatic rings. The summed E-state index contributed by atoms with van der Waals surface area (Å²) >= 11 is 0. The van der Waals surface area contributed by atoms with Crippen LogP contribution in [-0.2, 0) is 17.5 Å². The molecule has 0 aromatic heterocycles. The van der Waals surface area contributed by atoms with Crippen molar-refractivity contribution in [1.82, 2.24) is 5.32 Å². The van der Waals surface area contributed by atoms with Gasteiger partial charge in [0.25, 0.3) is 0 Å². The molecule has 0 aliphatic carbocycles. The number of hydrogen-bond acceptors (Lipinski definition) is 2. The zero-order valence-corrected chi connectivity index (χ0v) is 11.4. The number of alkyl halides is 3. The van der Waals surface area contributed by atoms with E-state index in [2.05, 4.69) is 5.32 Å². The molecule has 1 saturated heterocycles. The van der Waals surface area contributed by atoms with Crippen LogP contribution in [0, 0.1) is 5.92 Å². The lowest BCUT2D eigenvalue weighted by atomic mass is 10.0. The number of ether oxygens (including phenoxy) is 1. The first-order valence-electron chi connectivity index (χ1n) is 7.00. The van der Waals surface area contributed by atoms with Crippen LogP contribution >= 0.6 is 0 Å². The van der Waals surface area contributed by atoms with Gasteiger partial charge in [-0.1, -0.05) is 12.1 Å². The second-order valence-corrected chi connectivity index (χ2v) is 5.26. The summed E-state index contributed by atoms with van der Waals surface area (Å²) in [6.07, 6.45) is -0.960. The first-order chi connectivity index (χ1) is 9.55. The molecule has 0 spiro atoms. The first-order valence-corrected chi connectivity index (χ1v) is 7.00. The van der Waals surface area contributed by atoms with Crippen LogP contribution in [0.3, 0.4) is 0 Å². The molecule has 112 valence electrons. The molecule has 1 aliphatic rings. The van der Waals surface area contributed by atoms with Gasteiger partial charge in [0, 0.05) is 6.61 Å². The van der Waals surface area contributed by atoms with Crippen LogP contribution in [0.1, 0.15) is 30.4 Å². The van der Waals surface area contributed by atoms with Crippen molar-refractivity contribution in [2.45, 2.75) is 32.0 Å². The number of rotatable bonds is 4. The molecule has 1 heterocycles. The van der Waals surface area contributed by atoms with E-state index in [0.717, 1.165) is 44.5 Å². The molecule has 1 fully saturated rings. The van der Waals surface area contributed by atoms with Crippen LogP contribution < -0.4 is 5.32 Å². The van der Waals surface area contributed by atoms with E-state index in [1.165, 1.54) is 6.07 Å². The van der Waals surface area contributed by atoms with E-state index >= 15 is 0 Å². The number of hydrogen-bond donors (Lipinski definition) is 1. The van der Waals surface area contributed by atoms with Crippen molar-refractivity contribution in [3.8, 4) is 0 Å². The fourth-order valence-electron chi connectivity index (χ4n) is 2.44. The highest BCUT2D eigenvalue weighted by Gasteiger charge is 2.30. The standard InChI is InChI=1S/C15H20F3NO/c16-15(17,18)14-5-1-3-13(9-14)11-20-10-12-4-2-7-19-8-6-12/h1,3,5,9,12,19H,2,4,6-8,10-11H2. The molecule has 1 aromatic carbocycles. The Morgan fingerprint density at radius 2 is 2.05 bits per heavy atom. The maximum Gasteiger partial charge on any atom is 0.416 e. The van der Waals surface area contributed by atoms with E-state index in [4.69, 9.17) is 4.74 Å². The molecular weight excluding hydrogens is 267 g/mol. The third-order valence-electron chi connectivity index (χ3n) is 3.57. The topological polar surface area (TPSA) is 21.3 Å². The Kier molecular flexibility index (Phi) is 5.43. The van der Waals surface area contributed by atoms with E-state index in [1.54, 1.807) is 6.07 Å². The van der Waals surface area contributed by atoms with Gasteiger partial charge < -0.3 is 10.1 Å². The molecule has 2 rings (SSSR count). The van der Waals surface area contributed by atoms with Crippen molar-refractivity contribution in [1.29, 1.82) is 0 Å². The highest BCUT2D eigenvalue weighted by atomic mass is 19.4. The lowest BCUT2D eigenvalue weighted by Crippen LogP contribution is -2.15. The fraction of sp³-hybridized carbons (Fsp3) is 0.600. The maximum atomic E-state index is 12.6. The average Bonchev–Trinajstić information content (AvgIpc) is 2.67. The largest absolute Gasteiger partial charge is 0.416 e. The predicted molar refractivity (Wildman–Crippen MR) is 71.3 cm³/mol. The summed E-state index contributed by atoms with van der Waals surface area (Å²) in [5.41, 5.74) is -0.0381. The molecule has 0 saturated carbocycles. The summed E-state index contributed by atoms with van der Waals surface area (Å²) < 4.78 is 43.3. The Bertz CT molecular complexity index is 412. The summed E-state index contributed by atoms with van der Waals surface area (Å²) in [5, 5.41) is 3.33. The lowest BCUT2D eigenvalue weighted by Gasteiger charge is -2.14. The van der Waals surface area contributed by atoms with E-state index in [1.807, 2.05) is 0 Å².